The Morgan fingerprint density at radius 2 is 1.81 bits per heavy atom. The third-order valence-corrected chi connectivity index (χ3v) is 2.65. The Morgan fingerprint density at radius 1 is 1.19 bits per heavy atom. The Morgan fingerprint density at radius 3 is 2.44 bits per heavy atom. The molecule has 0 saturated carbocycles. The molecule has 0 bridgehead atoms. The molecular weight excluding hydrogens is 208 g/mol. The van der Waals surface area contributed by atoms with Gasteiger partial charge >= 0.3 is 0 Å². The van der Waals surface area contributed by atoms with E-state index in [1.165, 1.54) is 13.2 Å². The van der Waals surface area contributed by atoms with Crippen LogP contribution in [0.4, 0.5) is 0 Å². The number of hydrogen-bond acceptors (Lipinski definition) is 4. The molecule has 4 nitrogen and oxygen atoms in total. The molecule has 1 aliphatic rings. The first-order chi connectivity index (χ1) is 7.65. The predicted octanol–water partition coefficient (Wildman–Crippen LogP) is 1.27. The van der Waals surface area contributed by atoms with Crippen molar-refractivity contribution in [2.75, 3.05) is 20.3 Å². The van der Waals surface area contributed by atoms with Crippen LogP contribution in [-0.2, 0) is 15.3 Å². The van der Waals surface area contributed by atoms with Gasteiger partial charge in [0.2, 0.25) is 5.43 Å². The van der Waals surface area contributed by atoms with Crippen molar-refractivity contribution in [3.05, 3.63) is 40.1 Å². The van der Waals surface area contributed by atoms with Crippen LogP contribution in [0.25, 0.3) is 0 Å². The maximum absolute atomic E-state index is 11.5. The van der Waals surface area contributed by atoms with Gasteiger partial charge in [-0.1, -0.05) is 0 Å². The summed E-state index contributed by atoms with van der Waals surface area (Å²) in [6.07, 6.45) is 0. The van der Waals surface area contributed by atoms with Crippen LogP contribution in [0.3, 0.4) is 0 Å². The van der Waals surface area contributed by atoms with E-state index < -0.39 is 5.79 Å². The molecule has 0 N–H and O–H groups in total. The van der Waals surface area contributed by atoms with E-state index in [9.17, 15) is 4.79 Å². The van der Waals surface area contributed by atoms with Gasteiger partial charge in [-0.3, -0.25) is 4.79 Å². The minimum absolute atomic E-state index is 0.157. The van der Waals surface area contributed by atoms with Crippen LogP contribution in [0.5, 0.6) is 5.75 Å². The standard InChI is InChI=1S/C12H14O4/c1-12(15-7-8-16-12)9-3-5-10(13)11(14-2)6-4-9/h3-6H,7-8H2,1-2H3. The van der Waals surface area contributed by atoms with Crippen molar-refractivity contribution in [1.82, 2.24) is 0 Å². The molecule has 4 heteroatoms. The smallest absolute Gasteiger partial charge is 0.220 e. The molecule has 0 spiro atoms. The van der Waals surface area contributed by atoms with Gasteiger partial charge in [-0.25, -0.2) is 0 Å². The highest BCUT2D eigenvalue weighted by Crippen LogP contribution is 2.30. The second-order valence-electron chi connectivity index (χ2n) is 3.70. The second kappa shape index (κ2) is 4.23. The summed E-state index contributed by atoms with van der Waals surface area (Å²) in [4.78, 5) is 11.5. The molecule has 0 aliphatic carbocycles. The van der Waals surface area contributed by atoms with Crippen LogP contribution < -0.4 is 10.2 Å². The normalized spacial score (nSPS) is 18.4. The summed E-state index contributed by atoms with van der Waals surface area (Å²) in [7, 11) is 1.47. The van der Waals surface area contributed by atoms with Crippen molar-refractivity contribution in [2.45, 2.75) is 12.7 Å². The van der Waals surface area contributed by atoms with E-state index in [4.69, 9.17) is 14.2 Å². The van der Waals surface area contributed by atoms with Gasteiger partial charge in [0.05, 0.1) is 20.3 Å². The lowest BCUT2D eigenvalue weighted by molar-refractivity contribution is -0.149. The zero-order valence-electron chi connectivity index (χ0n) is 9.36. The molecule has 0 atom stereocenters. The van der Waals surface area contributed by atoms with Crippen LogP contribution in [0, 0.1) is 0 Å². The molecule has 0 unspecified atom stereocenters. The summed E-state index contributed by atoms with van der Waals surface area (Å²) in [6, 6.07) is 6.58. The van der Waals surface area contributed by atoms with Crippen LogP contribution in [0.15, 0.2) is 29.1 Å². The van der Waals surface area contributed by atoms with E-state index in [0.29, 0.717) is 19.0 Å². The van der Waals surface area contributed by atoms with Gasteiger partial charge in [0.25, 0.3) is 0 Å². The van der Waals surface area contributed by atoms with E-state index in [-0.39, 0.29) is 5.43 Å². The number of rotatable bonds is 2. The Balaban J connectivity index is 2.44. The lowest BCUT2D eigenvalue weighted by Crippen LogP contribution is -2.21. The Kier molecular flexibility index (Phi) is 2.94. The maximum atomic E-state index is 11.5. The van der Waals surface area contributed by atoms with Gasteiger partial charge < -0.3 is 14.2 Å². The average molecular weight is 222 g/mol. The fourth-order valence-corrected chi connectivity index (χ4v) is 1.70. The van der Waals surface area contributed by atoms with Crippen molar-refractivity contribution in [2.24, 2.45) is 0 Å². The Labute approximate surface area is 93.8 Å². The molecule has 1 aromatic rings. The Bertz CT molecular complexity index is 435. The van der Waals surface area contributed by atoms with Crippen molar-refractivity contribution in [3.8, 4) is 5.75 Å². The summed E-state index contributed by atoms with van der Waals surface area (Å²) < 4.78 is 16.0. The van der Waals surface area contributed by atoms with Crippen LogP contribution in [0.1, 0.15) is 12.5 Å². The highest BCUT2D eigenvalue weighted by molar-refractivity contribution is 5.27. The van der Waals surface area contributed by atoms with Crippen molar-refractivity contribution in [3.63, 3.8) is 0 Å². The summed E-state index contributed by atoms with van der Waals surface area (Å²) in [5, 5.41) is 0. The SMILES string of the molecule is COc1ccc(C2(C)OCCO2)ccc1=O. The molecular formula is C12H14O4. The van der Waals surface area contributed by atoms with Crippen molar-refractivity contribution in [1.29, 1.82) is 0 Å². The van der Waals surface area contributed by atoms with Crippen molar-refractivity contribution >= 4 is 0 Å². The summed E-state index contributed by atoms with van der Waals surface area (Å²) >= 11 is 0. The lowest BCUT2D eigenvalue weighted by Gasteiger charge is -2.21. The lowest BCUT2D eigenvalue weighted by atomic mass is 10.1. The number of ether oxygens (including phenoxy) is 3. The summed E-state index contributed by atoms with van der Waals surface area (Å²) in [6.45, 7) is 2.97. The van der Waals surface area contributed by atoms with Crippen molar-refractivity contribution < 1.29 is 14.2 Å². The van der Waals surface area contributed by atoms with Crippen LogP contribution in [0.2, 0.25) is 0 Å². The average Bonchev–Trinajstić information content (AvgIpc) is 2.61. The highest BCUT2D eigenvalue weighted by Gasteiger charge is 2.32. The minimum atomic E-state index is -0.754. The number of methoxy groups -OCH3 is 1. The zero-order chi connectivity index (χ0) is 11.6. The molecule has 1 heterocycles. The van der Waals surface area contributed by atoms with E-state index in [1.807, 2.05) is 6.92 Å². The first-order valence-corrected chi connectivity index (χ1v) is 5.12. The van der Waals surface area contributed by atoms with Gasteiger partial charge in [-0.2, -0.15) is 0 Å². The third-order valence-electron chi connectivity index (χ3n) is 2.65. The quantitative estimate of drug-likeness (QED) is 0.756. The second-order valence-corrected chi connectivity index (χ2v) is 3.70. The molecule has 2 rings (SSSR count). The molecule has 0 radical (unpaired) electrons. The molecule has 1 aromatic carbocycles. The van der Waals surface area contributed by atoms with Gasteiger partial charge in [0.15, 0.2) is 11.5 Å². The zero-order valence-corrected chi connectivity index (χ0v) is 9.36. The van der Waals surface area contributed by atoms with Gasteiger partial charge in [0.1, 0.15) is 0 Å². The van der Waals surface area contributed by atoms with Gasteiger partial charge in [0, 0.05) is 5.56 Å². The number of hydrogen-bond donors (Lipinski definition) is 0. The van der Waals surface area contributed by atoms with E-state index >= 15 is 0 Å². The van der Waals surface area contributed by atoms with Crippen LogP contribution in [-0.4, -0.2) is 20.3 Å². The monoisotopic (exact) mass is 222 g/mol. The first kappa shape index (κ1) is 11.1. The largest absolute Gasteiger partial charge is 0.493 e. The first-order valence-electron chi connectivity index (χ1n) is 5.12. The molecule has 1 aliphatic heterocycles. The van der Waals surface area contributed by atoms with E-state index in [1.54, 1.807) is 18.2 Å². The predicted molar refractivity (Wildman–Crippen MR) is 58.5 cm³/mol. The molecule has 0 amide bonds. The summed E-state index contributed by atoms with van der Waals surface area (Å²) in [5.41, 5.74) is 0.653. The Hall–Kier alpha value is -1.39. The van der Waals surface area contributed by atoms with Gasteiger partial charge in [-0.15, -0.1) is 0 Å². The highest BCUT2D eigenvalue weighted by atomic mass is 16.7. The van der Waals surface area contributed by atoms with Gasteiger partial charge in [-0.05, 0) is 31.2 Å². The maximum Gasteiger partial charge on any atom is 0.220 e. The minimum Gasteiger partial charge on any atom is -0.493 e. The molecule has 86 valence electrons. The molecule has 1 fully saturated rings. The molecule has 16 heavy (non-hydrogen) atoms. The molecule has 0 aromatic heterocycles. The molecule has 1 saturated heterocycles. The fourth-order valence-electron chi connectivity index (χ4n) is 1.70. The summed E-state index contributed by atoms with van der Waals surface area (Å²) in [5.74, 6) is -0.441. The van der Waals surface area contributed by atoms with E-state index in [0.717, 1.165) is 5.56 Å². The van der Waals surface area contributed by atoms with Crippen LogP contribution >= 0.6 is 0 Å². The van der Waals surface area contributed by atoms with E-state index in [2.05, 4.69) is 0 Å². The topological polar surface area (TPSA) is 44.8 Å². The fraction of sp³-hybridized carbons (Fsp3) is 0.417. The third kappa shape index (κ3) is 1.94.